The first-order valence-electron chi connectivity index (χ1n) is 14.0. The topological polar surface area (TPSA) is 111 Å². The number of sulfonamides is 1. The summed E-state index contributed by atoms with van der Waals surface area (Å²) < 4.78 is 67.6. The zero-order valence-electron chi connectivity index (χ0n) is 23.7. The van der Waals surface area contributed by atoms with E-state index in [1.54, 1.807) is 17.0 Å². The molecule has 15 heteroatoms. The summed E-state index contributed by atoms with van der Waals surface area (Å²) in [6.45, 7) is 4.70. The summed E-state index contributed by atoms with van der Waals surface area (Å²) in [4.78, 5) is 30.3. The molecule has 3 saturated heterocycles. The molecule has 1 spiro atoms. The predicted molar refractivity (Wildman–Crippen MR) is 151 cm³/mol. The van der Waals surface area contributed by atoms with Crippen molar-refractivity contribution < 1.29 is 31.2 Å². The quantitative estimate of drug-likeness (QED) is 0.554. The van der Waals surface area contributed by atoms with Crippen LogP contribution in [0.5, 0.6) is 0 Å². The summed E-state index contributed by atoms with van der Waals surface area (Å²) in [5, 5.41) is 6.70. The van der Waals surface area contributed by atoms with Gasteiger partial charge in [0.1, 0.15) is 0 Å². The minimum Gasteiger partial charge on any atom is -0.369 e. The fourth-order valence-corrected chi connectivity index (χ4v) is 7.20. The van der Waals surface area contributed by atoms with E-state index in [4.69, 9.17) is 0 Å². The number of rotatable bonds is 5. The first kappa shape index (κ1) is 30.3. The molecule has 4 heterocycles. The molecule has 0 saturated carbocycles. The van der Waals surface area contributed by atoms with E-state index in [1.165, 1.54) is 28.2 Å². The van der Waals surface area contributed by atoms with Gasteiger partial charge < -0.3 is 15.1 Å². The number of hydrogen-bond acceptors (Lipinski definition) is 7. The van der Waals surface area contributed by atoms with Crippen molar-refractivity contribution in [1.82, 2.24) is 23.9 Å². The summed E-state index contributed by atoms with van der Waals surface area (Å²) in [6.07, 6.45) is 1.50. The maximum atomic E-state index is 13.7. The molecule has 0 aliphatic carbocycles. The average molecular weight is 612 g/mol. The Kier molecular flexibility index (Phi) is 8.29. The van der Waals surface area contributed by atoms with Gasteiger partial charge in [-0.25, -0.2) is 13.2 Å². The van der Waals surface area contributed by atoms with Gasteiger partial charge in [0.2, 0.25) is 15.9 Å². The molecule has 0 radical (unpaired) electrons. The van der Waals surface area contributed by atoms with Crippen molar-refractivity contribution in [2.45, 2.75) is 50.9 Å². The van der Waals surface area contributed by atoms with E-state index in [0.717, 1.165) is 50.1 Å². The summed E-state index contributed by atoms with van der Waals surface area (Å²) in [5.41, 5.74) is 0.367. The van der Waals surface area contributed by atoms with Crippen LogP contribution >= 0.6 is 0 Å². The van der Waals surface area contributed by atoms with E-state index in [2.05, 4.69) is 15.3 Å². The molecular weight excluding hydrogens is 575 g/mol. The molecular formula is C27H36F3N7O4S. The van der Waals surface area contributed by atoms with Gasteiger partial charge >= 0.3 is 12.2 Å². The number of nitrogens with one attached hydrogen (secondary N) is 1. The van der Waals surface area contributed by atoms with Gasteiger partial charge in [-0.05, 0) is 49.9 Å². The minimum atomic E-state index is -4.49. The highest BCUT2D eigenvalue weighted by molar-refractivity contribution is 7.88. The molecule has 5 rings (SSSR count). The normalized spacial score (nSPS) is 20.3. The lowest BCUT2D eigenvalue weighted by molar-refractivity contribution is -0.137. The molecule has 1 N–H and O–H groups in total. The second kappa shape index (κ2) is 11.5. The van der Waals surface area contributed by atoms with Crippen LogP contribution in [0.3, 0.4) is 0 Å². The van der Waals surface area contributed by atoms with Crippen molar-refractivity contribution in [3.63, 3.8) is 0 Å². The summed E-state index contributed by atoms with van der Waals surface area (Å²) in [6, 6.07) is 5.15. The van der Waals surface area contributed by atoms with Crippen LogP contribution < -0.4 is 10.2 Å². The average Bonchev–Trinajstić information content (AvgIpc) is 3.54. The smallest absolute Gasteiger partial charge is 0.369 e. The number of amides is 2. The maximum Gasteiger partial charge on any atom is 0.416 e. The highest BCUT2D eigenvalue weighted by Crippen LogP contribution is 2.41. The first-order valence-corrected chi connectivity index (χ1v) is 15.9. The van der Waals surface area contributed by atoms with Gasteiger partial charge in [-0.1, -0.05) is 6.07 Å². The van der Waals surface area contributed by atoms with Crippen LogP contribution in [0, 0.1) is 0 Å². The predicted octanol–water partition coefficient (Wildman–Crippen LogP) is 3.04. The monoisotopic (exact) mass is 611 g/mol. The Labute approximate surface area is 243 Å². The number of piperazine rings is 1. The summed E-state index contributed by atoms with van der Waals surface area (Å²) in [7, 11) is -3.37. The number of carbonyl (C=O) groups is 2. The van der Waals surface area contributed by atoms with Crippen LogP contribution in [0.1, 0.15) is 43.7 Å². The van der Waals surface area contributed by atoms with Gasteiger partial charge in [0.15, 0.2) is 5.82 Å². The van der Waals surface area contributed by atoms with E-state index >= 15 is 0 Å². The van der Waals surface area contributed by atoms with Crippen LogP contribution in [0.2, 0.25) is 0 Å². The Morgan fingerprint density at radius 3 is 2.31 bits per heavy atom. The number of carbonyl (C=O) groups excluding carboxylic acids is 2. The number of aromatic nitrogens is 2. The summed E-state index contributed by atoms with van der Waals surface area (Å²) in [5.74, 6) is 0.0256. The largest absolute Gasteiger partial charge is 0.416 e. The van der Waals surface area contributed by atoms with E-state index in [1.807, 2.05) is 4.90 Å². The second-order valence-corrected chi connectivity index (χ2v) is 13.3. The number of benzene rings is 1. The van der Waals surface area contributed by atoms with Gasteiger partial charge in [0.05, 0.1) is 11.8 Å². The summed E-state index contributed by atoms with van der Waals surface area (Å²) >= 11 is 0. The third-order valence-electron chi connectivity index (χ3n) is 8.62. The minimum absolute atomic E-state index is 0.169. The van der Waals surface area contributed by atoms with Crippen molar-refractivity contribution in [2.24, 2.45) is 0 Å². The first-order chi connectivity index (χ1) is 19.7. The van der Waals surface area contributed by atoms with Crippen molar-refractivity contribution in [3.05, 3.63) is 41.6 Å². The van der Waals surface area contributed by atoms with Crippen molar-refractivity contribution in [3.8, 4) is 0 Å². The standard InChI is InChI=1S/C27H36F3N7O4S/c1-20(38)31-24-6-11-37(32-24)25(39)34-12-8-26(9-13-34)7-3-10-35(26)19-21-4-5-22(27(28,29)30)18-23(21)33-14-16-36(17-15-33)42(2,40)41/h4-6,11,18H,3,7-10,12-17,19H2,1-2H3,(H,31,32,38). The third kappa shape index (κ3) is 6.42. The third-order valence-corrected chi connectivity index (χ3v) is 9.92. The number of nitrogens with zero attached hydrogens (tertiary/aromatic N) is 6. The molecule has 3 aliphatic heterocycles. The van der Waals surface area contributed by atoms with Crippen molar-refractivity contribution >= 4 is 33.5 Å². The molecule has 0 atom stereocenters. The van der Waals surface area contributed by atoms with Gasteiger partial charge in [-0.3, -0.25) is 9.69 Å². The van der Waals surface area contributed by atoms with Gasteiger partial charge in [0, 0.05) is 76.2 Å². The van der Waals surface area contributed by atoms with E-state index in [9.17, 15) is 31.2 Å². The lowest BCUT2D eigenvalue weighted by Gasteiger charge is -2.45. The molecule has 2 amide bonds. The number of anilines is 2. The van der Waals surface area contributed by atoms with Gasteiger partial charge in [-0.2, -0.15) is 22.2 Å². The van der Waals surface area contributed by atoms with Crippen molar-refractivity contribution in [2.75, 3.05) is 62.3 Å². The van der Waals surface area contributed by atoms with Gasteiger partial charge in [0.25, 0.3) is 0 Å². The van der Waals surface area contributed by atoms with E-state index in [-0.39, 0.29) is 30.6 Å². The second-order valence-electron chi connectivity index (χ2n) is 11.3. The molecule has 3 aliphatic rings. The lowest BCUT2D eigenvalue weighted by Crippen LogP contribution is -2.53. The number of likely N-dealkylation sites (tertiary alicyclic amines) is 2. The Hall–Kier alpha value is -3.17. The molecule has 1 aromatic carbocycles. The van der Waals surface area contributed by atoms with Crippen LogP contribution in [-0.2, 0) is 27.5 Å². The Morgan fingerprint density at radius 1 is 1.00 bits per heavy atom. The molecule has 1 aromatic heterocycles. The SMILES string of the molecule is CC(=O)Nc1ccn(C(=O)N2CCC3(CCCN3Cc3ccc(C(F)(F)F)cc3N3CCN(S(C)(=O)=O)CC3)CC2)n1. The Morgan fingerprint density at radius 2 is 1.69 bits per heavy atom. The zero-order valence-corrected chi connectivity index (χ0v) is 24.5. The highest BCUT2D eigenvalue weighted by atomic mass is 32.2. The lowest BCUT2D eigenvalue weighted by atomic mass is 9.84. The van der Waals surface area contributed by atoms with Crippen LogP contribution in [0.4, 0.5) is 29.5 Å². The van der Waals surface area contributed by atoms with E-state index < -0.39 is 21.8 Å². The fourth-order valence-electron chi connectivity index (χ4n) is 6.38. The van der Waals surface area contributed by atoms with Crippen LogP contribution in [0.25, 0.3) is 0 Å². The Balaban J connectivity index is 1.30. The van der Waals surface area contributed by atoms with E-state index in [0.29, 0.717) is 44.2 Å². The molecule has 42 heavy (non-hydrogen) atoms. The molecule has 3 fully saturated rings. The molecule has 11 nitrogen and oxygen atoms in total. The fraction of sp³-hybridized carbons (Fsp3) is 0.593. The highest BCUT2D eigenvalue weighted by Gasteiger charge is 2.44. The van der Waals surface area contributed by atoms with Crippen LogP contribution in [-0.4, -0.2) is 102 Å². The van der Waals surface area contributed by atoms with Gasteiger partial charge in [-0.15, -0.1) is 5.10 Å². The molecule has 230 valence electrons. The molecule has 0 bridgehead atoms. The van der Waals surface area contributed by atoms with Crippen molar-refractivity contribution in [1.29, 1.82) is 0 Å². The number of alkyl halides is 3. The maximum absolute atomic E-state index is 13.7. The number of halogens is 3. The molecule has 0 unspecified atom stereocenters. The zero-order chi connectivity index (χ0) is 30.3. The number of hydrogen-bond donors (Lipinski definition) is 1. The number of piperidine rings is 1. The van der Waals surface area contributed by atoms with Crippen LogP contribution in [0.15, 0.2) is 30.5 Å². The molecule has 2 aromatic rings. The Bertz CT molecular complexity index is 1430.